The number of aryl methyl sites for hydroxylation is 1. The molecule has 30 heavy (non-hydrogen) atoms. The van der Waals surface area contributed by atoms with Crippen LogP contribution in [0, 0.1) is 6.92 Å². The zero-order valence-electron chi connectivity index (χ0n) is 17.2. The van der Waals surface area contributed by atoms with Crippen LogP contribution in [0.1, 0.15) is 16.8 Å². The van der Waals surface area contributed by atoms with Crippen LogP contribution in [-0.2, 0) is 6.42 Å². The zero-order chi connectivity index (χ0) is 21.1. The monoisotopic (exact) mass is 424 g/mol. The lowest BCUT2D eigenvalue weighted by atomic mass is 10.1. The van der Waals surface area contributed by atoms with E-state index in [1.165, 1.54) is 5.69 Å². The highest BCUT2D eigenvalue weighted by Crippen LogP contribution is 2.22. The number of anilines is 2. The summed E-state index contributed by atoms with van der Waals surface area (Å²) in [4.78, 5) is 24.9. The van der Waals surface area contributed by atoms with E-state index in [9.17, 15) is 4.79 Å². The second-order valence-corrected chi connectivity index (χ2v) is 7.87. The third kappa shape index (κ3) is 4.44. The van der Waals surface area contributed by atoms with Crippen LogP contribution in [0.15, 0.2) is 53.3 Å². The molecular formula is C23H25ClN4O2. The molecule has 0 saturated carbocycles. The normalized spacial score (nSPS) is 14.1. The van der Waals surface area contributed by atoms with Crippen LogP contribution in [-0.4, -0.2) is 43.3 Å². The molecular weight excluding hydrogens is 400 g/mol. The van der Waals surface area contributed by atoms with Crippen molar-refractivity contribution in [3.63, 3.8) is 0 Å². The average molecular weight is 425 g/mol. The van der Waals surface area contributed by atoms with Crippen molar-refractivity contribution in [3.8, 4) is 5.75 Å². The van der Waals surface area contributed by atoms with Crippen LogP contribution in [0.3, 0.4) is 0 Å². The Bertz CT molecular complexity index is 1060. The molecule has 0 radical (unpaired) electrons. The summed E-state index contributed by atoms with van der Waals surface area (Å²) < 4.78 is 5.23. The van der Waals surface area contributed by atoms with E-state index < -0.39 is 0 Å². The third-order valence-corrected chi connectivity index (χ3v) is 5.77. The smallest absolute Gasteiger partial charge is 0.256 e. The molecule has 2 aromatic carbocycles. The molecule has 0 unspecified atom stereocenters. The number of H-pyrrole nitrogens is 1. The molecule has 3 aromatic rings. The molecule has 1 aliphatic rings. The Labute approximate surface area is 181 Å². The van der Waals surface area contributed by atoms with E-state index in [1.54, 1.807) is 7.11 Å². The molecule has 1 fully saturated rings. The summed E-state index contributed by atoms with van der Waals surface area (Å²) in [7, 11) is 1.67. The van der Waals surface area contributed by atoms with Gasteiger partial charge in [0.2, 0.25) is 5.95 Å². The molecule has 0 atom stereocenters. The minimum Gasteiger partial charge on any atom is -0.497 e. The highest BCUT2D eigenvalue weighted by Gasteiger charge is 2.20. The lowest BCUT2D eigenvalue weighted by Crippen LogP contribution is -2.47. The minimum absolute atomic E-state index is 0.0787. The van der Waals surface area contributed by atoms with Gasteiger partial charge in [0.1, 0.15) is 5.75 Å². The number of benzene rings is 2. The Morgan fingerprint density at radius 1 is 1.00 bits per heavy atom. The Hall–Kier alpha value is -2.99. The predicted molar refractivity (Wildman–Crippen MR) is 121 cm³/mol. The number of hydrogen-bond donors (Lipinski definition) is 1. The molecule has 156 valence electrons. The van der Waals surface area contributed by atoms with Crippen molar-refractivity contribution in [1.29, 1.82) is 0 Å². The first-order valence-electron chi connectivity index (χ1n) is 10.0. The van der Waals surface area contributed by atoms with Gasteiger partial charge in [0.05, 0.1) is 12.8 Å². The molecule has 1 aromatic heterocycles. The topological polar surface area (TPSA) is 61.5 Å². The molecule has 7 heteroatoms. The highest BCUT2D eigenvalue weighted by molar-refractivity contribution is 6.30. The van der Waals surface area contributed by atoms with E-state index in [1.807, 2.05) is 43.3 Å². The number of hydrogen-bond acceptors (Lipinski definition) is 5. The van der Waals surface area contributed by atoms with Crippen LogP contribution in [0.25, 0.3) is 0 Å². The van der Waals surface area contributed by atoms with E-state index in [-0.39, 0.29) is 5.56 Å². The van der Waals surface area contributed by atoms with Crippen molar-refractivity contribution >= 4 is 23.2 Å². The first kappa shape index (κ1) is 20.3. The average Bonchev–Trinajstić information content (AvgIpc) is 2.77. The minimum atomic E-state index is -0.0787. The van der Waals surface area contributed by atoms with Gasteiger partial charge in [-0.05, 0) is 48.9 Å². The summed E-state index contributed by atoms with van der Waals surface area (Å²) in [5, 5.41) is 0.687. The largest absolute Gasteiger partial charge is 0.497 e. The van der Waals surface area contributed by atoms with Crippen LogP contribution >= 0.6 is 11.6 Å². The third-order valence-electron chi connectivity index (χ3n) is 5.52. The molecule has 1 saturated heterocycles. The number of ether oxygens (including phenoxy) is 1. The number of methoxy groups -OCH3 is 1. The van der Waals surface area contributed by atoms with Gasteiger partial charge >= 0.3 is 0 Å². The number of nitrogens with zero attached hydrogens (tertiary/aromatic N) is 3. The standard InChI is InChI=1S/C23H25ClN4O2/c1-16-21(15-17-3-5-18(24)6-4-17)22(29)26-23(25-16)28-13-11-27(12-14-28)19-7-9-20(30-2)10-8-19/h3-10H,11-15H2,1-2H3,(H,25,26,29). The molecule has 0 amide bonds. The molecule has 2 heterocycles. The van der Waals surface area contributed by atoms with Gasteiger partial charge in [0, 0.05) is 48.9 Å². The second kappa shape index (κ2) is 8.79. The number of aromatic amines is 1. The van der Waals surface area contributed by atoms with Gasteiger partial charge in [-0.2, -0.15) is 0 Å². The quantitative estimate of drug-likeness (QED) is 0.677. The van der Waals surface area contributed by atoms with Crippen molar-refractivity contribution in [2.75, 3.05) is 43.1 Å². The number of nitrogens with one attached hydrogen (secondary N) is 1. The van der Waals surface area contributed by atoms with E-state index in [0.29, 0.717) is 23.0 Å². The maximum absolute atomic E-state index is 12.8. The fourth-order valence-corrected chi connectivity index (χ4v) is 3.86. The van der Waals surface area contributed by atoms with Gasteiger partial charge < -0.3 is 14.5 Å². The first-order chi connectivity index (χ1) is 14.5. The van der Waals surface area contributed by atoms with Gasteiger partial charge in [-0.15, -0.1) is 0 Å². The van der Waals surface area contributed by atoms with E-state index in [2.05, 4.69) is 26.9 Å². The van der Waals surface area contributed by atoms with Crippen molar-refractivity contribution in [2.24, 2.45) is 0 Å². The zero-order valence-corrected chi connectivity index (χ0v) is 17.9. The highest BCUT2D eigenvalue weighted by atomic mass is 35.5. The number of rotatable bonds is 5. The number of halogens is 1. The van der Waals surface area contributed by atoms with Crippen LogP contribution < -0.4 is 20.1 Å². The lowest BCUT2D eigenvalue weighted by Gasteiger charge is -2.36. The van der Waals surface area contributed by atoms with Gasteiger partial charge in [-0.1, -0.05) is 23.7 Å². The molecule has 0 bridgehead atoms. The van der Waals surface area contributed by atoms with Crippen LogP contribution in [0.2, 0.25) is 5.02 Å². The van der Waals surface area contributed by atoms with Gasteiger partial charge in [-0.3, -0.25) is 9.78 Å². The van der Waals surface area contributed by atoms with E-state index >= 15 is 0 Å². The maximum Gasteiger partial charge on any atom is 0.256 e. The molecule has 1 N–H and O–H groups in total. The Morgan fingerprint density at radius 3 is 2.23 bits per heavy atom. The maximum atomic E-state index is 12.8. The Balaban J connectivity index is 1.44. The lowest BCUT2D eigenvalue weighted by molar-refractivity contribution is 0.415. The number of aromatic nitrogens is 2. The summed E-state index contributed by atoms with van der Waals surface area (Å²) >= 11 is 5.95. The fraction of sp³-hybridized carbons (Fsp3) is 0.304. The summed E-state index contributed by atoms with van der Waals surface area (Å²) in [6.07, 6.45) is 0.539. The van der Waals surface area contributed by atoms with Gasteiger partial charge in [-0.25, -0.2) is 4.98 Å². The van der Waals surface area contributed by atoms with Crippen molar-refractivity contribution in [2.45, 2.75) is 13.3 Å². The summed E-state index contributed by atoms with van der Waals surface area (Å²) in [6, 6.07) is 15.7. The van der Waals surface area contributed by atoms with Crippen molar-refractivity contribution < 1.29 is 4.74 Å². The van der Waals surface area contributed by atoms with E-state index in [0.717, 1.165) is 43.2 Å². The fourth-order valence-electron chi connectivity index (χ4n) is 3.73. The molecule has 0 aliphatic carbocycles. The Morgan fingerprint density at radius 2 is 1.63 bits per heavy atom. The second-order valence-electron chi connectivity index (χ2n) is 7.43. The summed E-state index contributed by atoms with van der Waals surface area (Å²) in [5.41, 5.74) is 3.59. The molecule has 4 rings (SSSR count). The molecule has 0 spiro atoms. The van der Waals surface area contributed by atoms with Gasteiger partial charge in [0.25, 0.3) is 5.56 Å². The van der Waals surface area contributed by atoms with Crippen LogP contribution in [0.4, 0.5) is 11.6 Å². The number of piperazine rings is 1. The van der Waals surface area contributed by atoms with Crippen molar-refractivity contribution in [3.05, 3.63) is 80.7 Å². The molecule has 1 aliphatic heterocycles. The summed E-state index contributed by atoms with van der Waals surface area (Å²) in [5.74, 6) is 1.50. The van der Waals surface area contributed by atoms with Gasteiger partial charge in [0.15, 0.2) is 0 Å². The van der Waals surface area contributed by atoms with E-state index in [4.69, 9.17) is 21.3 Å². The first-order valence-corrected chi connectivity index (χ1v) is 10.4. The SMILES string of the molecule is COc1ccc(N2CCN(c3nc(C)c(Cc4ccc(Cl)cc4)c(=O)[nH]3)CC2)cc1. The van der Waals surface area contributed by atoms with Crippen molar-refractivity contribution in [1.82, 2.24) is 9.97 Å². The van der Waals surface area contributed by atoms with Crippen LogP contribution in [0.5, 0.6) is 5.75 Å². The Kier molecular flexibility index (Phi) is 5.95. The molecule has 6 nitrogen and oxygen atoms in total. The summed E-state index contributed by atoms with van der Waals surface area (Å²) in [6.45, 7) is 5.22. The predicted octanol–water partition coefficient (Wildman–Crippen LogP) is 3.66.